The Morgan fingerprint density at radius 3 is 2.32 bits per heavy atom. The van der Waals surface area contributed by atoms with Gasteiger partial charge in [-0.2, -0.15) is 0 Å². The van der Waals surface area contributed by atoms with E-state index >= 15 is 0 Å². The molecule has 0 aliphatic heterocycles. The summed E-state index contributed by atoms with van der Waals surface area (Å²) in [6.45, 7) is 0. The molecule has 0 aliphatic rings. The highest BCUT2D eigenvalue weighted by molar-refractivity contribution is 7.92. The molecule has 104 valence electrons. The van der Waals surface area contributed by atoms with Gasteiger partial charge in [-0.05, 0) is 24.3 Å². The number of halogens is 1. The van der Waals surface area contributed by atoms with Crippen molar-refractivity contribution in [1.29, 1.82) is 0 Å². The second kappa shape index (κ2) is 6.42. The second-order valence-electron chi connectivity index (χ2n) is 3.85. The molecule has 0 aliphatic carbocycles. The standard InChI is InChI=1S/C12H13FO5S/c1-18-12(15)8-19(16,17)7-6-11(14)9-2-4-10(13)5-3-9/h2-5H,6-8H2,1H3. The fourth-order valence-electron chi connectivity index (χ4n) is 1.34. The molecule has 0 fully saturated rings. The van der Waals surface area contributed by atoms with Gasteiger partial charge in [-0.15, -0.1) is 0 Å². The van der Waals surface area contributed by atoms with Gasteiger partial charge in [0.2, 0.25) is 0 Å². The van der Waals surface area contributed by atoms with Crippen molar-refractivity contribution in [3.05, 3.63) is 35.6 Å². The Morgan fingerprint density at radius 1 is 1.21 bits per heavy atom. The van der Waals surface area contributed by atoms with Crippen LogP contribution in [0.3, 0.4) is 0 Å². The van der Waals surface area contributed by atoms with Crippen molar-refractivity contribution in [2.75, 3.05) is 18.6 Å². The third-order valence-corrected chi connectivity index (χ3v) is 3.87. The molecule has 7 heteroatoms. The topological polar surface area (TPSA) is 77.5 Å². The van der Waals surface area contributed by atoms with Crippen molar-refractivity contribution in [2.45, 2.75) is 6.42 Å². The van der Waals surface area contributed by atoms with Gasteiger partial charge in [0.05, 0.1) is 12.9 Å². The molecule has 0 heterocycles. The molecule has 0 saturated carbocycles. The number of hydrogen-bond acceptors (Lipinski definition) is 5. The van der Waals surface area contributed by atoms with Crippen LogP contribution in [0.2, 0.25) is 0 Å². The van der Waals surface area contributed by atoms with E-state index in [-0.39, 0.29) is 12.0 Å². The van der Waals surface area contributed by atoms with E-state index in [9.17, 15) is 22.4 Å². The van der Waals surface area contributed by atoms with Crippen LogP contribution in [0.25, 0.3) is 0 Å². The highest BCUT2D eigenvalue weighted by Crippen LogP contribution is 2.07. The molecule has 1 aromatic rings. The molecular weight excluding hydrogens is 275 g/mol. The molecule has 0 radical (unpaired) electrons. The molecule has 5 nitrogen and oxygen atoms in total. The van der Waals surface area contributed by atoms with Gasteiger partial charge in [0.1, 0.15) is 11.6 Å². The smallest absolute Gasteiger partial charge is 0.320 e. The zero-order valence-electron chi connectivity index (χ0n) is 10.3. The predicted octanol–water partition coefficient (Wildman–Crippen LogP) is 0.986. The first-order valence-electron chi connectivity index (χ1n) is 5.40. The first kappa shape index (κ1) is 15.3. The molecule has 0 atom stereocenters. The van der Waals surface area contributed by atoms with Crippen molar-refractivity contribution in [3.8, 4) is 0 Å². The predicted molar refractivity (Wildman–Crippen MR) is 66.0 cm³/mol. The minimum atomic E-state index is -3.67. The lowest BCUT2D eigenvalue weighted by molar-refractivity contribution is -0.137. The number of sulfone groups is 1. The monoisotopic (exact) mass is 288 g/mol. The maximum atomic E-state index is 12.6. The Labute approximate surface area is 110 Å². The normalized spacial score (nSPS) is 11.1. The van der Waals surface area contributed by atoms with Crippen LogP contribution >= 0.6 is 0 Å². The fraction of sp³-hybridized carbons (Fsp3) is 0.333. The molecule has 1 rings (SSSR count). The van der Waals surface area contributed by atoms with Gasteiger partial charge in [-0.25, -0.2) is 12.8 Å². The van der Waals surface area contributed by atoms with Gasteiger partial charge in [0.25, 0.3) is 0 Å². The van der Waals surface area contributed by atoms with Crippen LogP contribution in [0, 0.1) is 5.82 Å². The zero-order valence-corrected chi connectivity index (χ0v) is 11.1. The molecule has 0 N–H and O–H groups in total. The van der Waals surface area contributed by atoms with Gasteiger partial charge in [0, 0.05) is 12.0 Å². The van der Waals surface area contributed by atoms with Crippen molar-refractivity contribution in [3.63, 3.8) is 0 Å². The maximum absolute atomic E-state index is 12.6. The lowest BCUT2D eigenvalue weighted by atomic mass is 10.1. The summed E-state index contributed by atoms with van der Waals surface area (Å²) in [4.78, 5) is 22.5. The summed E-state index contributed by atoms with van der Waals surface area (Å²) >= 11 is 0. The quantitative estimate of drug-likeness (QED) is 0.576. The van der Waals surface area contributed by atoms with Crippen LogP contribution in [-0.2, 0) is 19.4 Å². The third-order valence-electron chi connectivity index (χ3n) is 2.37. The van der Waals surface area contributed by atoms with E-state index in [1.54, 1.807) is 0 Å². The van der Waals surface area contributed by atoms with Gasteiger partial charge in [-0.1, -0.05) is 0 Å². The molecule has 0 spiro atoms. The molecule has 1 aromatic carbocycles. The molecule has 0 unspecified atom stereocenters. The zero-order chi connectivity index (χ0) is 14.5. The summed E-state index contributed by atoms with van der Waals surface area (Å²) in [5.74, 6) is -2.96. The Hall–Kier alpha value is -1.76. The highest BCUT2D eigenvalue weighted by Gasteiger charge is 2.19. The van der Waals surface area contributed by atoms with E-state index < -0.39 is 38.9 Å². The number of benzene rings is 1. The third kappa shape index (κ3) is 5.17. The SMILES string of the molecule is COC(=O)CS(=O)(=O)CCC(=O)c1ccc(F)cc1. The summed E-state index contributed by atoms with van der Waals surface area (Å²) < 4.78 is 39.8. The number of esters is 1. The van der Waals surface area contributed by atoms with Crippen LogP contribution in [-0.4, -0.2) is 38.8 Å². The van der Waals surface area contributed by atoms with Gasteiger partial charge >= 0.3 is 5.97 Å². The van der Waals surface area contributed by atoms with Gasteiger partial charge in [0.15, 0.2) is 15.6 Å². The van der Waals surface area contributed by atoms with Crippen LogP contribution in [0.5, 0.6) is 0 Å². The van der Waals surface area contributed by atoms with E-state index in [0.29, 0.717) is 0 Å². The van der Waals surface area contributed by atoms with E-state index in [4.69, 9.17) is 0 Å². The minimum absolute atomic E-state index is 0.231. The van der Waals surface area contributed by atoms with Crippen LogP contribution in [0.4, 0.5) is 4.39 Å². The minimum Gasteiger partial charge on any atom is -0.468 e. The van der Waals surface area contributed by atoms with Crippen LogP contribution < -0.4 is 0 Å². The first-order chi connectivity index (χ1) is 8.84. The summed E-state index contributed by atoms with van der Waals surface area (Å²) in [6.07, 6.45) is -0.259. The van der Waals surface area contributed by atoms with E-state index in [2.05, 4.69) is 4.74 Å². The number of ketones is 1. The Morgan fingerprint density at radius 2 is 1.79 bits per heavy atom. The molecule has 19 heavy (non-hydrogen) atoms. The van der Waals surface area contributed by atoms with Crippen LogP contribution in [0.1, 0.15) is 16.8 Å². The van der Waals surface area contributed by atoms with E-state index in [0.717, 1.165) is 19.2 Å². The molecule has 0 aromatic heterocycles. The number of Topliss-reactive ketones (excluding diaryl/α,β-unsaturated/α-hetero) is 1. The average molecular weight is 288 g/mol. The number of carbonyl (C=O) groups is 2. The number of methoxy groups -OCH3 is 1. The Balaban J connectivity index is 2.59. The average Bonchev–Trinajstić information content (AvgIpc) is 2.36. The van der Waals surface area contributed by atoms with E-state index in [1.807, 2.05) is 0 Å². The lowest BCUT2D eigenvalue weighted by Crippen LogP contribution is -2.21. The second-order valence-corrected chi connectivity index (χ2v) is 6.03. The number of rotatable bonds is 6. The number of hydrogen-bond donors (Lipinski definition) is 0. The van der Waals surface area contributed by atoms with Crippen molar-refractivity contribution < 1.29 is 27.1 Å². The van der Waals surface area contributed by atoms with Gasteiger partial charge < -0.3 is 4.74 Å². The number of carbonyl (C=O) groups excluding carboxylic acids is 2. The van der Waals surface area contributed by atoms with E-state index in [1.165, 1.54) is 12.1 Å². The molecular formula is C12H13FO5S. The molecule has 0 saturated heterocycles. The summed E-state index contributed by atoms with van der Waals surface area (Å²) in [5.41, 5.74) is 0.231. The first-order valence-corrected chi connectivity index (χ1v) is 7.22. The van der Waals surface area contributed by atoms with Gasteiger partial charge in [-0.3, -0.25) is 9.59 Å². The summed E-state index contributed by atoms with van der Waals surface area (Å²) in [6, 6.07) is 4.81. The summed E-state index contributed by atoms with van der Waals surface area (Å²) in [7, 11) is -2.59. The van der Waals surface area contributed by atoms with Crippen molar-refractivity contribution in [2.24, 2.45) is 0 Å². The Kier molecular flexibility index (Phi) is 5.17. The summed E-state index contributed by atoms with van der Waals surface area (Å²) in [5, 5.41) is 0. The molecule has 0 amide bonds. The van der Waals surface area contributed by atoms with Crippen molar-refractivity contribution >= 4 is 21.6 Å². The van der Waals surface area contributed by atoms with Crippen LogP contribution in [0.15, 0.2) is 24.3 Å². The molecule has 0 bridgehead atoms. The largest absolute Gasteiger partial charge is 0.468 e. The van der Waals surface area contributed by atoms with Crippen molar-refractivity contribution in [1.82, 2.24) is 0 Å². The maximum Gasteiger partial charge on any atom is 0.320 e. The lowest BCUT2D eigenvalue weighted by Gasteiger charge is -2.03. The fourth-order valence-corrected chi connectivity index (χ4v) is 2.46. The number of ether oxygens (including phenoxy) is 1. The highest BCUT2D eigenvalue weighted by atomic mass is 32.2. The Bertz CT molecular complexity index is 562.